The van der Waals surface area contributed by atoms with E-state index in [9.17, 15) is 14.0 Å². The number of aromatic amines is 1. The van der Waals surface area contributed by atoms with Gasteiger partial charge in [-0.25, -0.2) is 4.39 Å². The average molecular weight is 369 g/mol. The van der Waals surface area contributed by atoms with Crippen molar-refractivity contribution in [1.29, 1.82) is 0 Å². The monoisotopic (exact) mass is 369 g/mol. The van der Waals surface area contributed by atoms with Gasteiger partial charge in [-0.05, 0) is 44.2 Å². The number of aryl methyl sites for hydroxylation is 2. The van der Waals surface area contributed by atoms with Crippen molar-refractivity contribution in [3.05, 3.63) is 52.6 Å². The lowest BCUT2D eigenvalue weighted by atomic mass is 9.93. The summed E-state index contributed by atoms with van der Waals surface area (Å²) in [4.78, 5) is 30.3. The van der Waals surface area contributed by atoms with Crippen molar-refractivity contribution in [3.8, 4) is 0 Å². The number of rotatable bonds is 4. The van der Waals surface area contributed by atoms with Crippen molar-refractivity contribution >= 4 is 17.4 Å². The zero-order valence-corrected chi connectivity index (χ0v) is 15.5. The van der Waals surface area contributed by atoms with Gasteiger partial charge in [0.15, 0.2) is 5.78 Å². The molecule has 4 rings (SSSR count). The first-order chi connectivity index (χ1) is 13.0. The summed E-state index contributed by atoms with van der Waals surface area (Å²) in [5.41, 5.74) is 3.34. The van der Waals surface area contributed by atoms with Crippen molar-refractivity contribution in [2.24, 2.45) is 5.92 Å². The maximum absolute atomic E-state index is 14.0. The van der Waals surface area contributed by atoms with Crippen molar-refractivity contribution in [2.75, 3.05) is 24.5 Å². The van der Waals surface area contributed by atoms with Crippen LogP contribution in [0, 0.1) is 18.7 Å². The molecule has 6 heteroatoms. The topological polar surface area (TPSA) is 65.2 Å². The van der Waals surface area contributed by atoms with E-state index in [0.717, 1.165) is 37.2 Å². The third-order valence-corrected chi connectivity index (χ3v) is 5.63. The van der Waals surface area contributed by atoms with Crippen LogP contribution in [0.3, 0.4) is 0 Å². The standard InChI is InChI=1S/C21H24FN3O2/c1-13-19(20-16(24-13)6-4-8-18(20)26)21(27)23-11-14-9-10-25(12-14)17-7-3-2-5-15(17)22/h2-3,5,7,14,24H,4,6,8-12H2,1H3,(H,23,27). The first kappa shape index (κ1) is 17.8. The number of nitrogens with one attached hydrogen (secondary N) is 2. The predicted molar refractivity (Wildman–Crippen MR) is 102 cm³/mol. The van der Waals surface area contributed by atoms with E-state index >= 15 is 0 Å². The van der Waals surface area contributed by atoms with Crippen LogP contribution in [0.2, 0.25) is 0 Å². The summed E-state index contributed by atoms with van der Waals surface area (Å²) < 4.78 is 14.0. The number of ketones is 1. The zero-order valence-electron chi connectivity index (χ0n) is 15.5. The quantitative estimate of drug-likeness (QED) is 0.870. The summed E-state index contributed by atoms with van der Waals surface area (Å²) >= 11 is 0. The van der Waals surface area contributed by atoms with E-state index < -0.39 is 0 Å². The molecule has 1 aliphatic carbocycles. The van der Waals surface area contributed by atoms with Crippen molar-refractivity contribution < 1.29 is 14.0 Å². The SMILES string of the molecule is Cc1[nH]c2c(c1C(=O)NCC1CCN(c3ccccc3F)C1)C(=O)CCC2. The van der Waals surface area contributed by atoms with Gasteiger partial charge in [0.1, 0.15) is 5.82 Å². The van der Waals surface area contributed by atoms with Crippen molar-refractivity contribution in [1.82, 2.24) is 10.3 Å². The highest BCUT2D eigenvalue weighted by molar-refractivity contribution is 6.10. The number of hydrogen-bond donors (Lipinski definition) is 2. The highest BCUT2D eigenvalue weighted by atomic mass is 19.1. The second-order valence-corrected chi connectivity index (χ2v) is 7.52. The minimum atomic E-state index is -0.213. The second-order valence-electron chi connectivity index (χ2n) is 7.52. The summed E-state index contributed by atoms with van der Waals surface area (Å²) in [7, 11) is 0. The minimum Gasteiger partial charge on any atom is -0.369 e. The maximum atomic E-state index is 14.0. The molecule has 1 aromatic heterocycles. The van der Waals surface area contributed by atoms with Crippen LogP contribution < -0.4 is 10.2 Å². The highest BCUT2D eigenvalue weighted by Crippen LogP contribution is 2.28. The van der Waals surface area contributed by atoms with E-state index in [-0.39, 0.29) is 23.4 Å². The summed E-state index contributed by atoms with van der Waals surface area (Å²) in [5, 5.41) is 2.99. The second kappa shape index (κ2) is 7.18. The molecular formula is C21H24FN3O2. The number of benzene rings is 1. The molecule has 142 valence electrons. The van der Waals surface area contributed by atoms with Gasteiger partial charge in [0.05, 0.1) is 16.8 Å². The third-order valence-electron chi connectivity index (χ3n) is 5.63. The first-order valence-electron chi connectivity index (χ1n) is 9.57. The number of para-hydroxylation sites is 1. The molecule has 1 aliphatic heterocycles. The van der Waals surface area contributed by atoms with Crippen LogP contribution in [0.1, 0.15) is 51.4 Å². The van der Waals surface area contributed by atoms with E-state index in [4.69, 9.17) is 0 Å². The summed E-state index contributed by atoms with van der Waals surface area (Å²) in [6, 6.07) is 6.78. The number of carbonyl (C=O) groups excluding carboxylic acids is 2. The van der Waals surface area contributed by atoms with Crippen molar-refractivity contribution in [2.45, 2.75) is 32.6 Å². The first-order valence-corrected chi connectivity index (χ1v) is 9.57. The van der Waals surface area contributed by atoms with Gasteiger partial charge in [-0.1, -0.05) is 12.1 Å². The molecule has 1 unspecified atom stereocenters. The van der Waals surface area contributed by atoms with Gasteiger partial charge in [-0.2, -0.15) is 0 Å². The van der Waals surface area contributed by atoms with Gasteiger partial charge in [-0.3, -0.25) is 9.59 Å². The highest BCUT2D eigenvalue weighted by Gasteiger charge is 2.29. The Bertz CT molecular complexity index is 890. The van der Waals surface area contributed by atoms with E-state index in [2.05, 4.69) is 10.3 Å². The number of carbonyl (C=O) groups is 2. The number of Topliss-reactive ketones (excluding diaryl/α,β-unsaturated/α-hetero) is 1. The molecule has 1 atom stereocenters. The number of fused-ring (bicyclic) bond motifs is 1. The number of halogens is 1. The number of hydrogen-bond acceptors (Lipinski definition) is 3. The number of aromatic nitrogens is 1. The van der Waals surface area contributed by atoms with Crippen LogP contribution in [-0.2, 0) is 6.42 Å². The fourth-order valence-electron chi connectivity index (χ4n) is 4.27. The summed E-state index contributed by atoms with van der Waals surface area (Å²) in [6.07, 6.45) is 3.05. The van der Waals surface area contributed by atoms with Gasteiger partial charge < -0.3 is 15.2 Å². The number of amides is 1. The molecule has 5 nitrogen and oxygen atoms in total. The lowest BCUT2D eigenvalue weighted by molar-refractivity contribution is 0.0924. The number of nitrogens with zero attached hydrogens (tertiary/aromatic N) is 1. The molecule has 1 amide bonds. The molecule has 0 spiro atoms. The van der Waals surface area contributed by atoms with Gasteiger partial charge in [0.25, 0.3) is 5.91 Å². The molecule has 2 heterocycles. The number of anilines is 1. The van der Waals surface area contributed by atoms with Crippen LogP contribution in [0.4, 0.5) is 10.1 Å². The smallest absolute Gasteiger partial charge is 0.253 e. The van der Waals surface area contributed by atoms with E-state index in [1.54, 1.807) is 12.1 Å². The lowest BCUT2D eigenvalue weighted by Crippen LogP contribution is -2.32. The van der Waals surface area contributed by atoms with Crippen LogP contribution >= 0.6 is 0 Å². The van der Waals surface area contributed by atoms with Crippen LogP contribution in [0.5, 0.6) is 0 Å². The third kappa shape index (κ3) is 3.36. The molecule has 2 N–H and O–H groups in total. The Labute approximate surface area is 157 Å². The lowest BCUT2D eigenvalue weighted by Gasteiger charge is -2.19. The Hall–Kier alpha value is -2.63. The van der Waals surface area contributed by atoms with Crippen LogP contribution in [-0.4, -0.2) is 36.3 Å². The fraction of sp³-hybridized carbons (Fsp3) is 0.429. The molecule has 2 aliphatic rings. The van der Waals surface area contributed by atoms with Crippen molar-refractivity contribution in [3.63, 3.8) is 0 Å². The van der Waals surface area contributed by atoms with Gasteiger partial charge in [0, 0.05) is 37.4 Å². The number of H-pyrrole nitrogens is 1. The average Bonchev–Trinajstić information content (AvgIpc) is 3.25. The van der Waals surface area contributed by atoms with E-state index in [1.165, 1.54) is 6.07 Å². The largest absolute Gasteiger partial charge is 0.369 e. The van der Waals surface area contributed by atoms with E-state index in [0.29, 0.717) is 36.3 Å². The van der Waals surface area contributed by atoms with E-state index in [1.807, 2.05) is 17.9 Å². The van der Waals surface area contributed by atoms with Crippen LogP contribution in [0.25, 0.3) is 0 Å². The Morgan fingerprint density at radius 2 is 2.15 bits per heavy atom. The molecule has 0 saturated carbocycles. The fourth-order valence-corrected chi connectivity index (χ4v) is 4.27. The normalized spacial score (nSPS) is 19.3. The Balaban J connectivity index is 1.40. The van der Waals surface area contributed by atoms with Crippen LogP contribution in [0.15, 0.2) is 24.3 Å². The molecule has 0 radical (unpaired) electrons. The Morgan fingerprint density at radius 3 is 2.96 bits per heavy atom. The summed E-state index contributed by atoms with van der Waals surface area (Å²) in [5.74, 6) is -0.0865. The Kier molecular flexibility index (Phi) is 4.72. The van der Waals surface area contributed by atoms with Gasteiger partial charge in [0.2, 0.25) is 0 Å². The molecule has 1 saturated heterocycles. The Morgan fingerprint density at radius 1 is 1.33 bits per heavy atom. The molecule has 0 bridgehead atoms. The summed E-state index contributed by atoms with van der Waals surface area (Å²) in [6.45, 7) is 3.86. The predicted octanol–water partition coefficient (Wildman–Crippen LogP) is 3.24. The molecule has 27 heavy (non-hydrogen) atoms. The maximum Gasteiger partial charge on any atom is 0.253 e. The molecular weight excluding hydrogens is 345 g/mol. The van der Waals surface area contributed by atoms with Gasteiger partial charge in [-0.15, -0.1) is 0 Å². The minimum absolute atomic E-state index is 0.0531. The molecule has 2 aromatic rings. The zero-order chi connectivity index (χ0) is 19.0. The van der Waals surface area contributed by atoms with Gasteiger partial charge >= 0.3 is 0 Å². The molecule has 1 aromatic carbocycles. The molecule has 1 fully saturated rings.